The lowest BCUT2D eigenvalue weighted by molar-refractivity contribution is -0.143. The minimum absolute atomic E-state index is 0.0901. The maximum absolute atomic E-state index is 11.6. The summed E-state index contributed by atoms with van der Waals surface area (Å²) >= 11 is 0. The first-order chi connectivity index (χ1) is 7.90. The van der Waals surface area contributed by atoms with Crippen LogP contribution in [0.25, 0.3) is 0 Å². The van der Waals surface area contributed by atoms with Gasteiger partial charge in [0.2, 0.25) is 0 Å². The second kappa shape index (κ2) is 7.92. The highest BCUT2D eigenvalue weighted by Gasteiger charge is 2.22. The maximum atomic E-state index is 11.6. The van der Waals surface area contributed by atoms with Gasteiger partial charge in [0.05, 0.1) is 7.11 Å². The molecule has 0 rings (SSSR count). The molecule has 0 heterocycles. The molecule has 0 radical (unpaired) electrons. The fourth-order valence-corrected chi connectivity index (χ4v) is 1.35. The number of ether oxygens (including phenoxy) is 1. The average Bonchev–Trinajstić information content (AvgIpc) is 2.26. The van der Waals surface area contributed by atoms with E-state index in [0.29, 0.717) is 12.3 Å². The Hall–Kier alpha value is -1.26. The Morgan fingerprint density at radius 2 is 1.76 bits per heavy atom. The van der Waals surface area contributed by atoms with Gasteiger partial charge >= 0.3 is 12.0 Å². The Morgan fingerprint density at radius 3 is 2.18 bits per heavy atom. The maximum Gasteiger partial charge on any atom is 0.328 e. The summed E-state index contributed by atoms with van der Waals surface area (Å²) in [6, 6.07) is -0.813. The summed E-state index contributed by atoms with van der Waals surface area (Å²) in [5, 5.41) is 5.39. The van der Waals surface area contributed by atoms with Crippen molar-refractivity contribution < 1.29 is 14.3 Å². The quantitative estimate of drug-likeness (QED) is 0.698. The predicted octanol–water partition coefficient (Wildman–Crippen LogP) is 1.67. The lowest BCUT2D eigenvalue weighted by Crippen LogP contribution is -2.49. The smallest absolute Gasteiger partial charge is 0.328 e. The second-order valence-electron chi connectivity index (χ2n) is 4.63. The molecule has 0 aliphatic heterocycles. The van der Waals surface area contributed by atoms with Crippen molar-refractivity contribution in [1.29, 1.82) is 0 Å². The van der Waals surface area contributed by atoms with Crippen LogP contribution in [0.15, 0.2) is 0 Å². The Labute approximate surface area is 103 Å². The van der Waals surface area contributed by atoms with Crippen molar-refractivity contribution in [3.05, 3.63) is 0 Å². The molecule has 5 nitrogen and oxygen atoms in total. The normalized spacial score (nSPS) is 14.0. The van der Waals surface area contributed by atoms with Crippen molar-refractivity contribution in [3.8, 4) is 0 Å². The lowest BCUT2D eigenvalue weighted by Gasteiger charge is -2.20. The Kier molecular flexibility index (Phi) is 7.34. The molecule has 0 aliphatic carbocycles. The van der Waals surface area contributed by atoms with Gasteiger partial charge < -0.3 is 15.4 Å². The summed E-state index contributed by atoms with van der Waals surface area (Å²) in [6.07, 6.45) is 1.42. The molecule has 2 N–H and O–H groups in total. The van der Waals surface area contributed by atoms with Gasteiger partial charge in [-0.15, -0.1) is 0 Å². The minimum atomic E-state index is -0.580. The van der Waals surface area contributed by atoms with E-state index >= 15 is 0 Å². The van der Waals surface area contributed by atoms with Crippen molar-refractivity contribution in [3.63, 3.8) is 0 Å². The van der Waals surface area contributed by atoms with Crippen LogP contribution >= 0.6 is 0 Å². The van der Waals surface area contributed by atoms with Crippen molar-refractivity contribution in [2.75, 3.05) is 7.11 Å². The summed E-state index contributed by atoms with van der Waals surface area (Å²) in [5.41, 5.74) is 0. The molecule has 2 atom stereocenters. The molecule has 0 aromatic rings. The van der Waals surface area contributed by atoms with Crippen molar-refractivity contribution in [2.24, 2.45) is 5.92 Å². The number of hydrogen-bond acceptors (Lipinski definition) is 3. The molecule has 0 aromatic carbocycles. The largest absolute Gasteiger partial charge is 0.467 e. The van der Waals surface area contributed by atoms with E-state index in [9.17, 15) is 9.59 Å². The molecule has 0 bridgehead atoms. The van der Waals surface area contributed by atoms with Crippen molar-refractivity contribution in [1.82, 2.24) is 10.6 Å². The van der Waals surface area contributed by atoms with Crippen molar-refractivity contribution in [2.45, 2.75) is 52.6 Å². The first-order valence-corrected chi connectivity index (χ1v) is 6.05. The van der Waals surface area contributed by atoms with E-state index in [4.69, 9.17) is 0 Å². The summed E-state index contributed by atoms with van der Waals surface area (Å²) in [5.74, 6) is -0.0963. The summed E-state index contributed by atoms with van der Waals surface area (Å²) in [4.78, 5) is 23.1. The van der Waals surface area contributed by atoms with Gasteiger partial charge in [0.15, 0.2) is 0 Å². The molecule has 0 unspecified atom stereocenters. The number of carbonyl (C=O) groups excluding carboxylic acids is 2. The highest BCUT2D eigenvalue weighted by molar-refractivity contribution is 5.83. The van der Waals surface area contributed by atoms with Crippen LogP contribution in [0.2, 0.25) is 0 Å². The first-order valence-electron chi connectivity index (χ1n) is 6.05. The van der Waals surface area contributed by atoms with Gasteiger partial charge in [-0.2, -0.15) is 0 Å². The van der Waals surface area contributed by atoms with Gasteiger partial charge in [-0.05, 0) is 25.7 Å². The second-order valence-corrected chi connectivity index (χ2v) is 4.63. The predicted molar refractivity (Wildman–Crippen MR) is 66.7 cm³/mol. The molecule has 0 aromatic heterocycles. The fraction of sp³-hybridized carbons (Fsp3) is 0.833. The van der Waals surface area contributed by atoms with Crippen LogP contribution in [0, 0.1) is 5.92 Å². The van der Waals surface area contributed by atoms with Gasteiger partial charge in [0.25, 0.3) is 0 Å². The monoisotopic (exact) mass is 244 g/mol. The lowest BCUT2D eigenvalue weighted by atomic mass is 10.0. The van der Waals surface area contributed by atoms with E-state index < -0.39 is 12.0 Å². The number of amides is 2. The molecule has 5 heteroatoms. The van der Waals surface area contributed by atoms with Crippen LogP contribution in [-0.2, 0) is 9.53 Å². The molecule has 100 valence electrons. The summed E-state index contributed by atoms with van der Waals surface area (Å²) in [6.45, 7) is 7.88. The molecule has 17 heavy (non-hydrogen) atoms. The highest BCUT2D eigenvalue weighted by Crippen LogP contribution is 2.06. The van der Waals surface area contributed by atoms with Gasteiger partial charge in [0.1, 0.15) is 6.04 Å². The molecule has 0 aliphatic rings. The van der Waals surface area contributed by atoms with Gasteiger partial charge in [0, 0.05) is 6.04 Å². The first kappa shape index (κ1) is 15.7. The van der Waals surface area contributed by atoms with E-state index in [0.717, 1.165) is 6.42 Å². The molecule has 0 fully saturated rings. The van der Waals surface area contributed by atoms with Crippen LogP contribution in [0.1, 0.15) is 40.5 Å². The highest BCUT2D eigenvalue weighted by atomic mass is 16.5. The summed E-state index contributed by atoms with van der Waals surface area (Å²) < 4.78 is 4.66. The number of esters is 1. The van der Waals surface area contributed by atoms with E-state index in [-0.39, 0.29) is 12.1 Å². The standard InChI is InChI=1S/C12H24N2O3/c1-6-9(4)13-12(16)14-10(7-8(2)3)11(15)17-5/h8-10H,6-7H2,1-5H3,(H2,13,14,16)/t9-,10+/m1/s1. The molecule has 0 saturated heterocycles. The van der Waals surface area contributed by atoms with Gasteiger partial charge in [-0.25, -0.2) is 9.59 Å². The zero-order valence-corrected chi connectivity index (χ0v) is 11.4. The number of urea groups is 1. The molecule has 0 spiro atoms. The Balaban J connectivity index is 4.32. The van der Waals surface area contributed by atoms with E-state index in [1.165, 1.54) is 7.11 Å². The van der Waals surface area contributed by atoms with Crippen LogP contribution in [0.4, 0.5) is 4.79 Å². The SMILES string of the molecule is CC[C@@H](C)NC(=O)N[C@@H](CC(C)C)C(=O)OC. The van der Waals surface area contributed by atoms with Gasteiger partial charge in [-0.3, -0.25) is 0 Å². The summed E-state index contributed by atoms with van der Waals surface area (Å²) in [7, 11) is 1.32. The van der Waals surface area contributed by atoms with Crippen LogP contribution in [0.3, 0.4) is 0 Å². The van der Waals surface area contributed by atoms with Crippen LogP contribution in [-0.4, -0.2) is 31.2 Å². The fourth-order valence-electron chi connectivity index (χ4n) is 1.35. The van der Waals surface area contributed by atoms with E-state index in [1.807, 2.05) is 27.7 Å². The van der Waals surface area contributed by atoms with E-state index in [1.54, 1.807) is 0 Å². The van der Waals surface area contributed by atoms with E-state index in [2.05, 4.69) is 15.4 Å². The molecular formula is C12H24N2O3. The average molecular weight is 244 g/mol. The number of rotatable bonds is 6. The molecule has 0 saturated carbocycles. The van der Waals surface area contributed by atoms with Crippen molar-refractivity contribution >= 4 is 12.0 Å². The third kappa shape index (κ3) is 6.81. The number of hydrogen-bond donors (Lipinski definition) is 2. The Morgan fingerprint density at radius 1 is 1.18 bits per heavy atom. The zero-order chi connectivity index (χ0) is 13.4. The number of carbonyl (C=O) groups is 2. The zero-order valence-electron chi connectivity index (χ0n) is 11.4. The third-order valence-electron chi connectivity index (χ3n) is 2.49. The van der Waals surface area contributed by atoms with Gasteiger partial charge in [-0.1, -0.05) is 20.8 Å². The third-order valence-corrected chi connectivity index (χ3v) is 2.49. The Bertz CT molecular complexity index is 254. The number of nitrogens with one attached hydrogen (secondary N) is 2. The topological polar surface area (TPSA) is 67.4 Å². The molecular weight excluding hydrogens is 220 g/mol. The number of methoxy groups -OCH3 is 1. The molecule has 2 amide bonds. The van der Waals surface area contributed by atoms with Crippen LogP contribution in [0.5, 0.6) is 0 Å². The van der Waals surface area contributed by atoms with Crippen LogP contribution < -0.4 is 10.6 Å². The minimum Gasteiger partial charge on any atom is -0.467 e.